The van der Waals surface area contributed by atoms with Crippen LogP contribution in [0.1, 0.15) is 30.2 Å². The van der Waals surface area contributed by atoms with Gasteiger partial charge in [0.1, 0.15) is 17.5 Å². The molecule has 2 aromatic rings. The molecule has 1 aliphatic rings. The highest BCUT2D eigenvalue weighted by molar-refractivity contribution is 5.75. The molecule has 0 N–H and O–H groups in total. The van der Waals surface area contributed by atoms with Gasteiger partial charge in [-0.3, -0.25) is 9.69 Å². The van der Waals surface area contributed by atoms with Crippen LogP contribution in [0.3, 0.4) is 0 Å². The summed E-state index contributed by atoms with van der Waals surface area (Å²) >= 11 is 0. The summed E-state index contributed by atoms with van der Waals surface area (Å²) in [6.07, 6.45) is -3.20. The van der Waals surface area contributed by atoms with E-state index in [4.69, 9.17) is 9.26 Å². The third-order valence-corrected chi connectivity index (χ3v) is 4.64. The molecule has 1 aromatic carbocycles. The summed E-state index contributed by atoms with van der Waals surface area (Å²) in [5.41, 5.74) is 1.16. The summed E-state index contributed by atoms with van der Waals surface area (Å²) in [5.74, 6) is 0.402. The number of nitrogens with zero attached hydrogens (tertiary/aromatic N) is 2. The second-order valence-corrected chi connectivity index (χ2v) is 6.18. The van der Waals surface area contributed by atoms with Gasteiger partial charge in [-0.1, -0.05) is 24.2 Å². The van der Waals surface area contributed by atoms with Gasteiger partial charge in [-0.15, -0.1) is 0 Å². The maximum atomic E-state index is 12.7. The number of carbonyl (C=O) groups excluding carboxylic acids is 1. The number of ether oxygens (including phenoxy) is 1. The Kier molecular flexibility index (Phi) is 5.04. The van der Waals surface area contributed by atoms with Crippen molar-refractivity contribution in [2.24, 2.45) is 0 Å². The van der Waals surface area contributed by atoms with Crippen molar-refractivity contribution in [3.8, 4) is 11.3 Å². The Morgan fingerprint density at radius 3 is 2.62 bits per heavy atom. The van der Waals surface area contributed by atoms with Crippen LogP contribution in [0.2, 0.25) is 0 Å². The smallest absolute Gasteiger partial charge is 0.416 e. The van der Waals surface area contributed by atoms with E-state index in [1.165, 1.54) is 19.2 Å². The monoisotopic (exact) mass is 368 g/mol. The average Bonchev–Trinajstić information content (AvgIpc) is 3.05. The molecule has 26 heavy (non-hydrogen) atoms. The summed E-state index contributed by atoms with van der Waals surface area (Å²) in [5, 5.41) is 4.05. The molecule has 0 amide bonds. The molecule has 1 aromatic heterocycles. The number of hydrogen-bond donors (Lipinski definition) is 0. The minimum absolute atomic E-state index is 0.302. The lowest BCUT2D eigenvalue weighted by molar-refractivity contribution is -0.147. The maximum Gasteiger partial charge on any atom is 0.416 e. The molecule has 0 bridgehead atoms. The van der Waals surface area contributed by atoms with E-state index in [2.05, 4.69) is 5.16 Å². The highest BCUT2D eigenvalue weighted by atomic mass is 19.4. The Bertz CT molecular complexity index is 784. The Morgan fingerprint density at radius 2 is 2.04 bits per heavy atom. The van der Waals surface area contributed by atoms with Gasteiger partial charge in [0.05, 0.1) is 12.7 Å². The van der Waals surface area contributed by atoms with Crippen LogP contribution >= 0.6 is 0 Å². The zero-order chi connectivity index (χ0) is 18.9. The van der Waals surface area contributed by atoms with Crippen LogP contribution in [-0.4, -0.2) is 35.7 Å². The molecule has 0 saturated carbocycles. The fourth-order valence-corrected chi connectivity index (χ4v) is 3.25. The zero-order valence-electron chi connectivity index (χ0n) is 14.5. The molecular weight excluding hydrogens is 349 g/mol. The standard InChI is InChI=1S/C18H19F3N2O3/c1-3-14(17(24)25-2)23-9-8-15-13(10-23)16(22-26-15)11-4-6-12(7-5-11)18(19,20)21/h4-7,14H,3,8-10H2,1-2H3/t14-/m1/s1. The zero-order valence-corrected chi connectivity index (χ0v) is 14.5. The van der Waals surface area contributed by atoms with Crippen molar-refractivity contribution in [1.82, 2.24) is 10.1 Å². The number of aromatic nitrogens is 1. The molecule has 0 aliphatic carbocycles. The minimum atomic E-state index is -4.38. The molecule has 3 rings (SSSR count). The Hall–Kier alpha value is -2.35. The maximum absolute atomic E-state index is 12.7. The molecule has 1 atom stereocenters. The summed E-state index contributed by atoms with van der Waals surface area (Å²) < 4.78 is 48.4. The molecule has 140 valence electrons. The number of fused-ring (bicyclic) bond motifs is 1. The second kappa shape index (κ2) is 7.11. The molecule has 8 heteroatoms. The number of methoxy groups -OCH3 is 1. The molecule has 0 fully saturated rings. The van der Waals surface area contributed by atoms with E-state index in [9.17, 15) is 18.0 Å². The van der Waals surface area contributed by atoms with Crippen LogP contribution in [0.4, 0.5) is 13.2 Å². The van der Waals surface area contributed by atoms with Crippen LogP contribution in [0.25, 0.3) is 11.3 Å². The van der Waals surface area contributed by atoms with Gasteiger partial charge in [0, 0.05) is 30.6 Å². The van der Waals surface area contributed by atoms with Gasteiger partial charge in [-0.05, 0) is 18.6 Å². The number of carbonyl (C=O) groups is 1. The van der Waals surface area contributed by atoms with E-state index in [-0.39, 0.29) is 12.0 Å². The van der Waals surface area contributed by atoms with E-state index < -0.39 is 11.7 Å². The van der Waals surface area contributed by atoms with E-state index in [1.54, 1.807) is 0 Å². The Balaban J connectivity index is 1.88. The summed E-state index contributed by atoms with van der Waals surface area (Å²) in [6, 6.07) is 4.46. The molecule has 2 heterocycles. The number of alkyl halides is 3. The first kappa shape index (κ1) is 18.4. The molecule has 0 spiro atoms. The summed E-state index contributed by atoms with van der Waals surface area (Å²) in [6.45, 7) is 2.96. The highest BCUT2D eigenvalue weighted by Crippen LogP contribution is 2.34. The SMILES string of the molecule is CC[C@H](C(=O)OC)N1CCc2onc(-c3ccc(C(F)(F)F)cc3)c2C1. The first-order valence-electron chi connectivity index (χ1n) is 8.32. The van der Waals surface area contributed by atoms with E-state index >= 15 is 0 Å². The van der Waals surface area contributed by atoms with Gasteiger partial charge in [-0.2, -0.15) is 13.2 Å². The quantitative estimate of drug-likeness (QED) is 0.771. The van der Waals surface area contributed by atoms with E-state index in [0.29, 0.717) is 42.9 Å². The largest absolute Gasteiger partial charge is 0.468 e. The molecule has 0 radical (unpaired) electrons. The van der Waals surface area contributed by atoms with Crippen LogP contribution in [0.15, 0.2) is 28.8 Å². The molecule has 5 nitrogen and oxygen atoms in total. The number of esters is 1. The molecule has 0 unspecified atom stereocenters. The lowest BCUT2D eigenvalue weighted by Gasteiger charge is -2.31. The van der Waals surface area contributed by atoms with E-state index in [0.717, 1.165) is 17.7 Å². The van der Waals surface area contributed by atoms with Crippen molar-refractivity contribution in [1.29, 1.82) is 0 Å². The van der Waals surface area contributed by atoms with Crippen LogP contribution in [0.5, 0.6) is 0 Å². The number of hydrogen-bond acceptors (Lipinski definition) is 5. The van der Waals surface area contributed by atoms with Gasteiger partial charge < -0.3 is 9.26 Å². The van der Waals surface area contributed by atoms with Crippen molar-refractivity contribution in [2.45, 2.75) is 38.5 Å². The van der Waals surface area contributed by atoms with Gasteiger partial charge in [-0.25, -0.2) is 0 Å². The van der Waals surface area contributed by atoms with Gasteiger partial charge in [0.2, 0.25) is 0 Å². The molecular formula is C18H19F3N2O3. The normalized spacial score (nSPS) is 16.2. The van der Waals surface area contributed by atoms with E-state index in [1.807, 2.05) is 11.8 Å². The van der Waals surface area contributed by atoms with Gasteiger partial charge in [0.25, 0.3) is 0 Å². The number of benzene rings is 1. The van der Waals surface area contributed by atoms with Gasteiger partial charge >= 0.3 is 12.1 Å². The number of halogens is 3. The number of rotatable bonds is 4. The Morgan fingerprint density at radius 1 is 1.35 bits per heavy atom. The fraction of sp³-hybridized carbons (Fsp3) is 0.444. The van der Waals surface area contributed by atoms with Crippen LogP contribution in [-0.2, 0) is 28.7 Å². The fourth-order valence-electron chi connectivity index (χ4n) is 3.25. The average molecular weight is 368 g/mol. The van der Waals surface area contributed by atoms with Crippen molar-refractivity contribution in [2.75, 3.05) is 13.7 Å². The third-order valence-electron chi connectivity index (χ3n) is 4.64. The predicted molar refractivity (Wildman–Crippen MR) is 87.2 cm³/mol. The summed E-state index contributed by atoms with van der Waals surface area (Å²) in [7, 11) is 1.35. The van der Waals surface area contributed by atoms with Crippen LogP contribution in [0, 0.1) is 0 Å². The minimum Gasteiger partial charge on any atom is -0.468 e. The topological polar surface area (TPSA) is 55.6 Å². The first-order valence-corrected chi connectivity index (χ1v) is 8.32. The van der Waals surface area contributed by atoms with Crippen LogP contribution < -0.4 is 0 Å². The summed E-state index contributed by atoms with van der Waals surface area (Å²) in [4.78, 5) is 14.0. The highest BCUT2D eigenvalue weighted by Gasteiger charge is 2.33. The van der Waals surface area contributed by atoms with Crippen molar-refractivity contribution < 1.29 is 27.2 Å². The Labute approximate surface area is 148 Å². The third kappa shape index (κ3) is 3.46. The lowest BCUT2D eigenvalue weighted by Crippen LogP contribution is -2.44. The lowest BCUT2D eigenvalue weighted by atomic mass is 9.99. The molecule has 1 aliphatic heterocycles. The van der Waals surface area contributed by atoms with Crippen molar-refractivity contribution in [3.05, 3.63) is 41.2 Å². The van der Waals surface area contributed by atoms with Crippen molar-refractivity contribution >= 4 is 5.97 Å². The second-order valence-electron chi connectivity index (χ2n) is 6.18. The van der Waals surface area contributed by atoms with Crippen molar-refractivity contribution in [3.63, 3.8) is 0 Å². The predicted octanol–water partition coefficient (Wildman–Crippen LogP) is 3.67. The molecule has 0 saturated heterocycles. The van der Waals surface area contributed by atoms with Gasteiger partial charge in [0.15, 0.2) is 0 Å². The first-order chi connectivity index (χ1) is 12.3.